The van der Waals surface area contributed by atoms with Crippen molar-refractivity contribution in [3.05, 3.63) is 71.8 Å². The van der Waals surface area contributed by atoms with Crippen molar-refractivity contribution < 1.29 is 14.2 Å². The van der Waals surface area contributed by atoms with Crippen LogP contribution in [0.15, 0.2) is 60.7 Å². The van der Waals surface area contributed by atoms with Crippen molar-refractivity contribution in [1.29, 1.82) is 0 Å². The molecule has 3 nitrogen and oxygen atoms in total. The van der Waals surface area contributed by atoms with Gasteiger partial charge in [0.25, 0.3) is 0 Å². The van der Waals surface area contributed by atoms with Gasteiger partial charge >= 0.3 is 0 Å². The number of hydrogen-bond donors (Lipinski definition) is 0. The van der Waals surface area contributed by atoms with Crippen molar-refractivity contribution in [2.75, 3.05) is 26.4 Å². The van der Waals surface area contributed by atoms with Gasteiger partial charge in [-0.15, -0.1) is 0 Å². The quantitative estimate of drug-likeness (QED) is 0.0810. The minimum Gasteiger partial charge on any atom is -0.494 e. The smallest absolute Gasteiger partial charge is 0.119 e. The summed E-state index contributed by atoms with van der Waals surface area (Å²) < 4.78 is 18.8. The summed E-state index contributed by atoms with van der Waals surface area (Å²) >= 11 is 0. The van der Waals surface area contributed by atoms with Gasteiger partial charge in [-0.05, 0) is 134 Å². The standard InChI is InChI=1S/C52H82O3/c1-5-9-13-17-39-54-49-33-29-47(30-34-49)51(45-25-21-43(22-26-45)19-15-11-7-3)37-41-53-42-38-52(46-27-23-44(24-28-46)20-16-12-8-4)48-31-35-50(36-32-48)55-40-18-14-10-6-2/h29-38,43-46H,5-28,39-42H2,1-4H3/t43-,44-,45-,46-. The zero-order valence-corrected chi connectivity index (χ0v) is 36.1. The molecule has 0 heterocycles. The molecule has 0 atom stereocenters. The molecule has 0 amide bonds. The molecule has 2 aliphatic rings. The number of rotatable bonds is 28. The topological polar surface area (TPSA) is 27.7 Å². The van der Waals surface area contributed by atoms with Crippen molar-refractivity contribution in [3.8, 4) is 11.5 Å². The summed E-state index contributed by atoms with van der Waals surface area (Å²) in [5.74, 6) is 5.02. The summed E-state index contributed by atoms with van der Waals surface area (Å²) in [6.45, 7) is 12.1. The van der Waals surface area contributed by atoms with Gasteiger partial charge in [-0.2, -0.15) is 0 Å². The van der Waals surface area contributed by atoms with Crippen LogP contribution in [0.3, 0.4) is 0 Å². The van der Waals surface area contributed by atoms with E-state index in [-0.39, 0.29) is 0 Å². The predicted octanol–water partition coefficient (Wildman–Crippen LogP) is 15.9. The van der Waals surface area contributed by atoms with E-state index >= 15 is 0 Å². The number of allylic oxidation sites excluding steroid dienone is 2. The number of hydrogen-bond acceptors (Lipinski definition) is 3. The zero-order valence-electron chi connectivity index (χ0n) is 36.1. The molecular formula is C52H82O3. The third kappa shape index (κ3) is 17.2. The van der Waals surface area contributed by atoms with Gasteiger partial charge in [0.05, 0.1) is 26.4 Å². The van der Waals surface area contributed by atoms with Crippen LogP contribution in [0.2, 0.25) is 0 Å². The van der Waals surface area contributed by atoms with Crippen molar-refractivity contribution in [2.45, 2.75) is 182 Å². The van der Waals surface area contributed by atoms with E-state index in [4.69, 9.17) is 14.2 Å². The zero-order chi connectivity index (χ0) is 38.8. The van der Waals surface area contributed by atoms with E-state index in [1.165, 1.54) is 164 Å². The summed E-state index contributed by atoms with van der Waals surface area (Å²) in [6, 6.07) is 18.0. The van der Waals surface area contributed by atoms with Crippen LogP contribution in [0.25, 0.3) is 11.1 Å². The molecular weight excluding hydrogens is 673 g/mol. The number of benzene rings is 2. The van der Waals surface area contributed by atoms with Gasteiger partial charge in [-0.25, -0.2) is 0 Å². The maximum atomic E-state index is 6.51. The van der Waals surface area contributed by atoms with E-state index in [1.807, 2.05) is 0 Å². The van der Waals surface area contributed by atoms with Gasteiger partial charge in [0, 0.05) is 0 Å². The van der Waals surface area contributed by atoms with E-state index in [1.54, 1.807) is 0 Å². The van der Waals surface area contributed by atoms with E-state index in [0.717, 1.165) is 49.4 Å². The summed E-state index contributed by atoms with van der Waals surface area (Å²) in [4.78, 5) is 0. The highest BCUT2D eigenvalue weighted by Gasteiger charge is 2.26. The molecule has 0 N–H and O–H groups in total. The third-order valence-electron chi connectivity index (χ3n) is 12.8. The van der Waals surface area contributed by atoms with Crippen molar-refractivity contribution >= 4 is 11.1 Å². The Morgan fingerprint density at radius 2 is 0.818 bits per heavy atom. The van der Waals surface area contributed by atoms with E-state index < -0.39 is 0 Å². The number of unbranched alkanes of at least 4 members (excludes halogenated alkanes) is 10. The van der Waals surface area contributed by atoms with Gasteiger partial charge in [0.1, 0.15) is 11.5 Å². The Hall–Kier alpha value is -2.52. The monoisotopic (exact) mass is 755 g/mol. The summed E-state index contributed by atoms with van der Waals surface area (Å²) in [5, 5.41) is 0. The molecule has 0 spiro atoms. The fraction of sp³-hybridized carbons (Fsp3) is 0.692. The second kappa shape index (κ2) is 28.0. The molecule has 0 radical (unpaired) electrons. The van der Waals surface area contributed by atoms with Gasteiger partial charge in [-0.1, -0.05) is 154 Å². The highest BCUT2D eigenvalue weighted by atomic mass is 16.5. The van der Waals surface area contributed by atoms with Crippen LogP contribution < -0.4 is 9.47 Å². The molecule has 3 heteroatoms. The molecule has 0 aromatic heterocycles. The summed E-state index contributed by atoms with van der Waals surface area (Å²) in [6.07, 6.45) is 36.3. The molecule has 0 unspecified atom stereocenters. The van der Waals surface area contributed by atoms with E-state index in [9.17, 15) is 0 Å². The van der Waals surface area contributed by atoms with Crippen LogP contribution in [0.1, 0.15) is 193 Å². The Kier molecular flexibility index (Phi) is 23.0. The van der Waals surface area contributed by atoms with E-state index in [0.29, 0.717) is 25.0 Å². The van der Waals surface area contributed by atoms with Crippen LogP contribution in [0.5, 0.6) is 11.5 Å². The molecule has 2 aromatic carbocycles. The Bertz CT molecular complexity index is 1190. The first-order valence-electron chi connectivity index (χ1n) is 23.6. The lowest BCUT2D eigenvalue weighted by Crippen LogP contribution is -2.17. The average Bonchev–Trinajstić information content (AvgIpc) is 3.22. The largest absolute Gasteiger partial charge is 0.494 e. The van der Waals surface area contributed by atoms with Gasteiger partial charge in [-0.3, -0.25) is 0 Å². The Labute approximate surface area is 339 Å². The minimum absolute atomic E-state index is 0.609. The Balaban J connectivity index is 1.42. The normalized spacial score (nSPS) is 20.8. The molecule has 0 bridgehead atoms. The van der Waals surface area contributed by atoms with Crippen LogP contribution in [0, 0.1) is 23.7 Å². The first-order valence-corrected chi connectivity index (χ1v) is 23.6. The Morgan fingerprint density at radius 3 is 1.18 bits per heavy atom. The highest BCUT2D eigenvalue weighted by Crippen LogP contribution is 2.41. The molecule has 4 rings (SSSR count). The van der Waals surface area contributed by atoms with E-state index in [2.05, 4.69) is 88.4 Å². The maximum Gasteiger partial charge on any atom is 0.119 e. The fourth-order valence-corrected chi connectivity index (χ4v) is 9.22. The maximum absolute atomic E-state index is 6.51. The van der Waals surface area contributed by atoms with Crippen LogP contribution in [-0.4, -0.2) is 26.4 Å². The first-order chi connectivity index (χ1) is 27.1. The van der Waals surface area contributed by atoms with Crippen molar-refractivity contribution in [2.24, 2.45) is 23.7 Å². The second-order valence-corrected chi connectivity index (χ2v) is 17.2. The lowest BCUT2D eigenvalue weighted by Gasteiger charge is -2.31. The summed E-state index contributed by atoms with van der Waals surface area (Å²) in [7, 11) is 0. The Morgan fingerprint density at radius 1 is 0.455 bits per heavy atom. The van der Waals surface area contributed by atoms with Crippen LogP contribution in [0.4, 0.5) is 0 Å². The third-order valence-corrected chi connectivity index (χ3v) is 12.8. The molecule has 308 valence electrons. The van der Waals surface area contributed by atoms with Crippen molar-refractivity contribution in [1.82, 2.24) is 0 Å². The molecule has 2 fully saturated rings. The fourth-order valence-electron chi connectivity index (χ4n) is 9.22. The highest BCUT2D eigenvalue weighted by molar-refractivity contribution is 5.69. The minimum atomic E-state index is 0.609. The summed E-state index contributed by atoms with van der Waals surface area (Å²) in [5.41, 5.74) is 5.65. The first kappa shape index (κ1) is 45.2. The lowest BCUT2D eigenvalue weighted by atomic mass is 9.75. The SMILES string of the molecule is CCCCCCOc1ccc(C(=CCOCC=C(c2ccc(OCCCCCC)cc2)[C@H]2CC[C@H](CCCCC)CC2)[C@H]2CC[C@H](CCCCC)CC2)cc1. The molecule has 2 aliphatic carbocycles. The van der Waals surface area contributed by atoms with Gasteiger partial charge in [0.2, 0.25) is 0 Å². The molecule has 0 aliphatic heterocycles. The second-order valence-electron chi connectivity index (χ2n) is 17.2. The molecule has 55 heavy (non-hydrogen) atoms. The molecule has 0 saturated heterocycles. The lowest BCUT2D eigenvalue weighted by molar-refractivity contribution is 0.193. The predicted molar refractivity (Wildman–Crippen MR) is 238 cm³/mol. The van der Waals surface area contributed by atoms with Crippen molar-refractivity contribution in [3.63, 3.8) is 0 Å². The molecule has 2 saturated carbocycles. The van der Waals surface area contributed by atoms with Crippen LogP contribution in [-0.2, 0) is 4.74 Å². The average molecular weight is 755 g/mol. The van der Waals surface area contributed by atoms with Crippen LogP contribution >= 0.6 is 0 Å². The number of ether oxygens (including phenoxy) is 3. The molecule has 2 aromatic rings. The van der Waals surface area contributed by atoms with Gasteiger partial charge in [0.15, 0.2) is 0 Å². The van der Waals surface area contributed by atoms with Gasteiger partial charge < -0.3 is 14.2 Å².